The molecule has 0 heterocycles. The molecular formula is C74H115NO8. The van der Waals surface area contributed by atoms with Crippen LogP contribution in [0.15, 0.2) is 182 Å². The Morgan fingerprint density at radius 2 is 0.651 bits per heavy atom. The average molecular weight is 1150 g/mol. The molecule has 0 saturated carbocycles. The number of rotatable bonds is 56. The van der Waals surface area contributed by atoms with Crippen molar-refractivity contribution in [1.82, 2.24) is 0 Å². The first-order valence-electron chi connectivity index (χ1n) is 31.9. The molecule has 0 aromatic rings. The number of carboxylic acid groups (broad SMARTS) is 1. The number of quaternary nitrogens is 1. The molecule has 0 N–H and O–H groups in total. The molecule has 0 saturated heterocycles. The number of hydrogen-bond donors (Lipinski definition) is 0. The topological polar surface area (TPSA) is 111 Å². The van der Waals surface area contributed by atoms with Gasteiger partial charge in [0.05, 0.1) is 40.3 Å². The Bertz CT molecular complexity index is 2010. The van der Waals surface area contributed by atoms with E-state index in [0.717, 1.165) is 135 Å². The van der Waals surface area contributed by atoms with Gasteiger partial charge in [-0.2, -0.15) is 0 Å². The molecule has 2 unspecified atom stereocenters. The average Bonchev–Trinajstić information content (AvgIpc) is 3.46. The minimum atomic E-state index is -1.65. The number of aliphatic carboxylic acids is 1. The molecular weight excluding hydrogens is 1030 g/mol. The van der Waals surface area contributed by atoms with E-state index in [0.29, 0.717) is 23.9 Å². The Hall–Kier alpha value is -5.61. The zero-order valence-electron chi connectivity index (χ0n) is 52.7. The summed E-state index contributed by atoms with van der Waals surface area (Å²) in [6.07, 6.45) is 92.4. The van der Waals surface area contributed by atoms with E-state index < -0.39 is 30.3 Å². The maximum atomic E-state index is 12.9. The van der Waals surface area contributed by atoms with E-state index in [9.17, 15) is 19.5 Å². The molecule has 464 valence electrons. The summed E-state index contributed by atoms with van der Waals surface area (Å²) in [5.41, 5.74) is 0. The summed E-state index contributed by atoms with van der Waals surface area (Å²) in [5.74, 6) is -2.37. The van der Waals surface area contributed by atoms with Gasteiger partial charge in [-0.1, -0.05) is 241 Å². The van der Waals surface area contributed by atoms with Crippen LogP contribution >= 0.6 is 0 Å². The van der Waals surface area contributed by atoms with Crippen LogP contribution in [0.3, 0.4) is 0 Å². The lowest BCUT2D eigenvalue weighted by molar-refractivity contribution is -0.870. The van der Waals surface area contributed by atoms with Gasteiger partial charge in [-0.15, -0.1) is 0 Å². The van der Waals surface area contributed by atoms with Crippen LogP contribution in [0.1, 0.15) is 206 Å². The molecule has 0 aromatic carbocycles. The standard InChI is InChI=1S/C74H115NO8/c1-6-8-10-12-14-16-18-20-22-24-26-28-29-30-31-32-33-34-35-36-37-38-39-40-41-42-43-45-47-49-51-53-55-57-59-61-63-65-72(77)83-70(69-82-74(73(78)79)80-67-66-75(3,4)5)68-81-71(76)64-62-60-58-56-54-52-50-48-46-44-27-25-23-21-19-17-15-13-11-9-7-2/h8-11,14-17,20-23,26-28,30-31,33-34,36-37,39-40,42-44,48,50,54,56,70,74H,6-7,12-13,18-19,24-25,29,32,35,38,41,45-47,49,51-53,55,57-69H2,1-5H3/b10-8-,11-9-,16-14-,17-15-,22-20-,23-21-,28-26-,31-30-,34-33-,37-36-,40-39-,43-42-,44-27-,50-48-,56-54-. The van der Waals surface area contributed by atoms with Crippen LogP contribution in [0, 0.1) is 0 Å². The van der Waals surface area contributed by atoms with E-state index in [1.807, 2.05) is 21.1 Å². The molecule has 0 rings (SSSR count). The lowest BCUT2D eigenvalue weighted by atomic mass is 10.1. The van der Waals surface area contributed by atoms with Crippen LogP contribution in [0.5, 0.6) is 0 Å². The fourth-order valence-corrected chi connectivity index (χ4v) is 7.82. The predicted molar refractivity (Wildman–Crippen MR) is 351 cm³/mol. The predicted octanol–water partition coefficient (Wildman–Crippen LogP) is 18.3. The van der Waals surface area contributed by atoms with Crippen molar-refractivity contribution in [2.75, 3.05) is 47.5 Å². The molecule has 0 radical (unpaired) electrons. The third-order valence-electron chi connectivity index (χ3n) is 12.6. The Kier molecular flexibility index (Phi) is 58.2. The number of likely N-dealkylation sites (N-methyl/N-ethyl adjacent to an activating group) is 1. The third kappa shape index (κ3) is 63.8. The Morgan fingerprint density at radius 3 is 0.988 bits per heavy atom. The maximum absolute atomic E-state index is 12.9. The number of unbranched alkanes of at least 4 members (excludes halogenated alkanes) is 11. The molecule has 0 fully saturated rings. The first-order chi connectivity index (χ1) is 40.6. The molecule has 0 aromatic heterocycles. The number of esters is 2. The zero-order valence-corrected chi connectivity index (χ0v) is 52.7. The van der Waals surface area contributed by atoms with Gasteiger partial charge in [0.2, 0.25) is 0 Å². The molecule has 0 amide bonds. The zero-order chi connectivity index (χ0) is 60.5. The fourth-order valence-electron chi connectivity index (χ4n) is 7.82. The minimum Gasteiger partial charge on any atom is -0.545 e. The second-order valence-corrected chi connectivity index (χ2v) is 21.6. The van der Waals surface area contributed by atoms with Crippen molar-refractivity contribution in [2.45, 2.75) is 219 Å². The van der Waals surface area contributed by atoms with E-state index in [2.05, 4.69) is 196 Å². The van der Waals surface area contributed by atoms with Gasteiger partial charge in [0.1, 0.15) is 13.2 Å². The van der Waals surface area contributed by atoms with Crippen molar-refractivity contribution in [3.05, 3.63) is 182 Å². The highest BCUT2D eigenvalue weighted by Gasteiger charge is 2.22. The summed E-state index contributed by atoms with van der Waals surface area (Å²) in [5, 5.41) is 11.8. The number of carbonyl (C=O) groups excluding carboxylic acids is 3. The van der Waals surface area contributed by atoms with E-state index in [1.54, 1.807) is 0 Å². The molecule has 0 aliphatic heterocycles. The lowest BCUT2D eigenvalue weighted by Gasteiger charge is -2.26. The number of hydrogen-bond acceptors (Lipinski definition) is 8. The van der Waals surface area contributed by atoms with Gasteiger partial charge in [0, 0.05) is 12.8 Å². The van der Waals surface area contributed by atoms with Crippen molar-refractivity contribution in [3.63, 3.8) is 0 Å². The molecule has 0 aliphatic carbocycles. The first-order valence-corrected chi connectivity index (χ1v) is 31.9. The van der Waals surface area contributed by atoms with Crippen LogP contribution < -0.4 is 5.11 Å². The Balaban J connectivity index is 4.29. The second kappa shape index (κ2) is 62.4. The normalized spacial score (nSPS) is 14.0. The van der Waals surface area contributed by atoms with Gasteiger partial charge in [-0.05, 0) is 135 Å². The van der Waals surface area contributed by atoms with Crippen LogP contribution in [-0.4, -0.2) is 82.3 Å². The summed E-state index contributed by atoms with van der Waals surface area (Å²) in [6, 6.07) is 0. The molecule has 9 heteroatoms. The van der Waals surface area contributed by atoms with E-state index >= 15 is 0 Å². The number of carbonyl (C=O) groups is 3. The third-order valence-corrected chi connectivity index (χ3v) is 12.6. The molecule has 0 aliphatic rings. The minimum absolute atomic E-state index is 0.129. The van der Waals surface area contributed by atoms with E-state index in [-0.39, 0.29) is 32.7 Å². The lowest BCUT2D eigenvalue weighted by Crippen LogP contribution is -2.44. The van der Waals surface area contributed by atoms with Crippen molar-refractivity contribution >= 4 is 17.9 Å². The summed E-state index contributed by atoms with van der Waals surface area (Å²) < 4.78 is 22.7. The molecule has 2 atom stereocenters. The quantitative estimate of drug-likeness (QED) is 0.0195. The van der Waals surface area contributed by atoms with E-state index in [1.165, 1.54) is 32.1 Å². The number of nitrogens with zero attached hydrogens (tertiary/aromatic N) is 1. The van der Waals surface area contributed by atoms with Gasteiger partial charge in [0.25, 0.3) is 0 Å². The Morgan fingerprint density at radius 1 is 0.361 bits per heavy atom. The van der Waals surface area contributed by atoms with Crippen molar-refractivity contribution in [2.24, 2.45) is 0 Å². The largest absolute Gasteiger partial charge is 0.545 e. The molecule has 0 bridgehead atoms. The second-order valence-electron chi connectivity index (χ2n) is 21.6. The summed E-state index contributed by atoms with van der Waals surface area (Å²) in [6.45, 7) is 4.43. The fraction of sp³-hybridized carbons (Fsp3) is 0.554. The summed E-state index contributed by atoms with van der Waals surface area (Å²) >= 11 is 0. The highest BCUT2D eigenvalue weighted by Crippen LogP contribution is 2.14. The van der Waals surface area contributed by atoms with Gasteiger partial charge in [-0.3, -0.25) is 9.59 Å². The molecule has 0 spiro atoms. The SMILES string of the molecule is CC/C=C\C/C=C\C/C=C\C/C=C\C/C=C\C/C=C\C/C=C\C/C=C\C/C=C\CCCCCCCCCCCC(=O)OC(COC(=O)CCCC/C=C\C/C=C\C/C=C\C/C=C\C/C=C\C/C=C\CC)COC(OCC[N+](C)(C)C)C(=O)[O-]. The van der Waals surface area contributed by atoms with Crippen LogP contribution in [0.2, 0.25) is 0 Å². The van der Waals surface area contributed by atoms with Gasteiger partial charge < -0.3 is 33.3 Å². The van der Waals surface area contributed by atoms with Crippen molar-refractivity contribution in [3.8, 4) is 0 Å². The van der Waals surface area contributed by atoms with Gasteiger partial charge >= 0.3 is 11.9 Å². The van der Waals surface area contributed by atoms with Crippen LogP contribution in [0.4, 0.5) is 0 Å². The number of ether oxygens (including phenoxy) is 4. The maximum Gasteiger partial charge on any atom is 0.306 e. The Labute approximate surface area is 507 Å². The van der Waals surface area contributed by atoms with Gasteiger partial charge in [0.15, 0.2) is 12.4 Å². The highest BCUT2D eigenvalue weighted by molar-refractivity contribution is 5.70. The van der Waals surface area contributed by atoms with Crippen LogP contribution in [0.25, 0.3) is 0 Å². The monoisotopic (exact) mass is 1150 g/mol. The van der Waals surface area contributed by atoms with Gasteiger partial charge in [-0.25, -0.2) is 0 Å². The van der Waals surface area contributed by atoms with E-state index in [4.69, 9.17) is 18.9 Å². The van der Waals surface area contributed by atoms with Crippen molar-refractivity contribution < 1.29 is 42.9 Å². The summed E-state index contributed by atoms with van der Waals surface area (Å²) in [7, 11) is 5.89. The summed E-state index contributed by atoms with van der Waals surface area (Å²) in [4.78, 5) is 37.4. The highest BCUT2D eigenvalue weighted by atomic mass is 16.7. The van der Waals surface area contributed by atoms with Crippen molar-refractivity contribution in [1.29, 1.82) is 0 Å². The number of carboxylic acids is 1. The number of allylic oxidation sites excluding steroid dienone is 30. The first kappa shape index (κ1) is 77.4. The molecule has 83 heavy (non-hydrogen) atoms. The van der Waals surface area contributed by atoms with Crippen LogP contribution in [-0.2, 0) is 33.3 Å². The molecule has 9 nitrogen and oxygen atoms in total. The smallest absolute Gasteiger partial charge is 0.306 e.